The molecule has 3 rings (SSSR count). The third-order valence-electron chi connectivity index (χ3n) is 4.09. The van der Waals surface area contributed by atoms with Crippen LogP contribution in [0.25, 0.3) is 0 Å². The highest BCUT2D eigenvalue weighted by molar-refractivity contribution is 5.94. The molecule has 2 aromatic heterocycles. The Hall–Kier alpha value is -2.70. The number of aryl methyl sites for hydroxylation is 1. The molecule has 1 aliphatic heterocycles. The molecule has 1 amide bonds. The topological polar surface area (TPSA) is 80.1 Å². The maximum Gasteiger partial charge on any atom is 0.251 e. The molecular weight excluding hydrogens is 294 g/mol. The monoisotopic (exact) mass is 313 g/mol. The summed E-state index contributed by atoms with van der Waals surface area (Å²) in [5, 5.41) is 11.0. The lowest BCUT2D eigenvalue weighted by molar-refractivity contribution is 0.0951. The van der Waals surface area contributed by atoms with Crippen molar-refractivity contribution in [2.24, 2.45) is 7.05 Å². The van der Waals surface area contributed by atoms with E-state index in [-0.39, 0.29) is 17.5 Å². The van der Waals surface area contributed by atoms with Crippen LogP contribution in [0.4, 0.5) is 5.82 Å². The molecule has 23 heavy (non-hydrogen) atoms. The van der Waals surface area contributed by atoms with Crippen molar-refractivity contribution in [2.45, 2.75) is 18.9 Å². The van der Waals surface area contributed by atoms with Crippen LogP contribution in [0, 0.1) is 0 Å². The predicted molar refractivity (Wildman–Crippen MR) is 86.4 cm³/mol. The van der Waals surface area contributed by atoms with E-state index >= 15 is 0 Å². The van der Waals surface area contributed by atoms with Gasteiger partial charge in [-0.25, -0.2) is 0 Å². The number of rotatable bonds is 4. The minimum absolute atomic E-state index is 0.195. The molecule has 0 saturated carbocycles. The molecule has 0 aliphatic carbocycles. The van der Waals surface area contributed by atoms with E-state index in [1.807, 2.05) is 12.1 Å². The Morgan fingerprint density at radius 1 is 1.43 bits per heavy atom. The molecule has 120 valence electrons. The van der Waals surface area contributed by atoms with Crippen LogP contribution < -0.4 is 15.8 Å². The van der Waals surface area contributed by atoms with Crippen LogP contribution in [0.5, 0.6) is 0 Å². The number of pyridine rings is 1. The van der Waals surface area contributed by atoms with E-state index in [2.05, 4.69) is 20.4 Å². The largest absolute Gasteiger partial charge is 0.350 e. The van der Waals surface area contributed by atoms with Gasteiger partial charge in [-0.1, -0.05) is 0 Å². The Kier molecular flexibility index (Phi) is 4.36. The molecule has 1 saturated heterocycles. The number of hydrogen-bond acceptors (Lipinski definition) is 5. The first-order valence-electron chi connectivity index (χ1n) is 7.64. The lowest BCUT2D eigenvalue weighted by Crippen LogP contribution is -2.40. The Balaban J connectivity index is 1.64. The molecule has 1 atom stereocenters. The molecule has 0 spiro atoms. The average molecular weight is 313 g/mol. The van der Waals surface area contributed by atoms with Crippen LogP contribution in [0.1, 0.15) is 23.2 Å². The van der Waals surface area contributed by atoms with Crippen molar-refractivity contribution in [1.29, 1.82) is 0 Å². The number of nitrogens with zero attached hydrogens (tertiary/aromatic N) is 4. The number of carbonyl (C=O) groups excluding carboxylic acids is 1. The van der Waals surface area contributed by atoms with Gasteiger partial charge in [0.05, 0.1) is 0 Å². The van der Waals surface area contributed by atoms with E-state index in [0.29, 0.717) is 12.1 Å². The van der Waals surface area contributed by atoms with Crippen LogP contribution in [0.3, 0.4) is 0 Å². The van der Waals surface area contributed by atoms with Crippen LogP contribution >= 0.6 is 0 Å². The standard InChI is InChI=1S/C16H19N5O2/c1-20-9-6-12(10-15(20)22)16(23)17-11-13-4-3-8-21(13)14-5-2-7-18-19-14/h2,5-7,9-10,13H,3-4,8,11H2,1H3,(H,17,23)/t13-/m0/s1. The quantitative estimate of drug-likeness (QED) is 0.893. The summed E-state index contributed by atoms with van der Waals surface area (Å²) in [6, 6.07) is 6.97. The van der Waals surface area contributed by atoms with Crippen molar-refractivity contribution in [3.05, 3.63) is 52.6 Å². The Morgan fingerprint density at radius 2 is 2.30 bits per heavy atom. The van der Waals surface area contributed by atoms with Crippen LogP contribution in [-0.4, -0.2) is 39.8 Å². The second-order valence-electron chi connectivity index (χ2n) is 5.65. The number of carbonyl (C=O) groups is 1. The number of aromatic nitrogens is 3. The summed E-state index contributed by atoms with van der Waals surface area (Å²) in [5.74, 6) is 0.603. The lowest BCUT2D eigenvalue weighted by Gasteiger charge is -2.25. The van der Waals surface area contributed by atoms with E-state index in [4.69, 9.17) is 0 Å². The first-order chi connectivity index (χ1) is 11.1. The summed E-state index contributed by atoms with van der Waals surface area (Å²) < 4.78 is 1.43. The maximum absolute atomic E-state index is 12.2. The molecule has 2 aromatic rings. The molecule has 0 radical (unpaired) electrons. The minimum Gasteiger partial charge on any atom is -0.350 e. The Bertz CT molecular complexity index is 744. The van der Waals surface area contributed by atoms with Gasteiger partial charge in [-0.15, -0.1) is 5.10 Å². The minimum atomic E-state index is -0.228. The summed E-state index contributed by atoms with van der Waals surface area (Å²) in [7, 11) is 1.65. The first kappa shape index (κ1) is 15.2. The maximum atomic E-state index is 12.2. The summed E-state index contributed by atoms with van der Waals surface area (Å²) in [6.45, 7) is 1.43. The van der Waals surface area contributed by atoms with Crippen molar-refractivity contribution >= 4 is 11.7 Å². The third kappa shape index (κ3) is 3.39. The van der Waals surface area contributed by atoms with Crippen LogP contribution in [0.15, 0.2) is 41.5 Å². The molecule has 1 fully saturated rings. The third-order valence-corrected chi connectivity index (χ3v) is 4.09. The van der Waals surface area contributed by atoms with Crippen LogP contribution in [0.2, 0.25) is 0 Å². The Morgan fingerprint density at radius 3 is 3.04 bits per heavy atom. The second-order valence-corrected chi connectivity index (χ2v) is 5.65. The van der Waals surface area contributed by atoms with Gasteiger partial charge in [0.25, 0.3) is 11.5 Å². The van der Waals surface area contributed by atoms with Crippen molar-refractivity contribution in [3.8, 4) is 0 Å². The van der Waals surface area contributed by atoms with Gasteiger partial charge in [-0.3, -0.25) is 9.59 Å². The fraction of sp³-hybridized carbons (Fsp3) is 0.375. The van der Waals surface area contributed by atoms with Crippen molar-refractivity contribution in [2.75, 3.05) is 18.0 Å². The fourth-order valence-corrected chi connectivity index (χ4v) is 2.80. The number of nitrogens with one attached hydrogen (secondary N) is 1. The fourth-order valence-electron chi connectivity index (χ4n) is 2.80. The van der Waals surface area contributed by atoms with E-state index in [9.17, 15) is 9.59 Å². The molecule has 0 unspecified atom stereocenters. The zero-order valence-electron chi connectivity index (χ0n) is 13.0. The zero-order valence-corrected chi connectivity index (χ0v) is 13.0. The van der Waals surface area contributed by atoms with Gasteiger partial charge in [0, 0.05) is 50.2 Å². The molecule has 7 heteroatoms. The molecular formula is C16H19N5O2. The summed E-state index contributed by atoms with van der Waals surface area (Å²) >= 11 is 0. The second kappa shape index (κ2) is 6.60. The molecule has 1 aliphatic rings. The smallest absolute Gasteiger partial charge is 0.251 e. The molecule has 0 bridgehead atoms. The molecule has 3 heterocycles. The highest BCUT2D eigenvalue weighted by atomic mass is 16.2. The van der Waals surface area contributed by atoms with Crippen molar-refractivity contribution in [1.82, 2.24) is 20.1 Å². The van der Waals surface area contributed by atoms with Gasteiger partial charge in [-0.05, 0) is 31.0 Å². The summed E-state index contributed by atoms with van der Waals surface area (Å²) in [6.07, 6.45) is 5.29. The van der Waals surface area contributed by atoms with Gasteiger partial charge in [0.1, 0.15) is 0 Å². The number of amides is 1. The van der Waals surface area contributed by atoms with Gasteiger partial charge < -0.3 is 14.8 Å². The molecule has 7 nitrogen and oxygen atoms in total. The average Bonchev–Trinajstić information content (AvgIpc) is 3.04. The normalized spacial score (nSPS) is 17.3. The van der Waals surface area contributed by atoms with Crippen molar-refractivity contribution in [3.63, 3.8) is 0 Å². The summed E-state index contributed by atoms with van der Waals surface area (Å²) in [4.78, 5) is 26.0. The van der Waals surface area contributed by atoms with Gasteiger partial charge >= 0.3 is 0 Å². The lowest BCUT2D eigenvalue weighted by atomic mass is 10.2. The van der Waals surface area contributed by atoms with Gasteiger partial charge in [-0.2, -0.15) is 5.10 Å². The summed E-state index contributed by atoms with van der Waals surface area (Å²) in [5.41, 5.74) is 0.192. The van der Waals surface area contributed by atoms with Gasteiger partial charge in [0.2, 0.25) is 0 Å². The SMILES string of the molecule is Cn1ccc(C(=O)NC[C@@H]2CCCN2c2cccnn2)cc1=O. The van der Waals surface area contributed by atoms with E-state index in [1.165, 1.54) is 10.6 Å². The van der Waals surface area contributed by atoms with Crippen molar-refractivity contribution < 1.29 is 4.79 Å². The van der Waals surface area contributed by atoms with Gasteiger partial charge in [0.15, 0.2) is 5.82 Å². The Labute approximate surface area is 134 Å². The highest BCUT2D eigenvalue weighted by Crippen LogP contribution is 2.22. The van der Waals surface area contributed by atoms with E-state index < -0.39 is 0 Å². The number of hydrogen-bond donors (Lipinski definition) is 1. The zero-order chi connectivity index (χ0) is 16.2. The van der Waals surface area contributed by atoms with Crippen LogP contribution in [-0.2, 0) is 7.05 Å². The molecule has 0 aromatic carbocycles. The molecule has 1 N–H and O–H groups in total. The first-order valence-corrected chi connectivity index (χ1v) is 7.64. The number of anilines is 1. The highest BCUT2D eigenvalue weighted by Gasteiger charge is 2.26. The van der Waals surface area contributed by atoms with E-state index in [1.54, 1.807) is 25.5 Å². The predicted octanol–water partition coefficient (Wildman–Crippen LogP) is 0.574. The van der Waals surface area contributed by atoms with E-state index in [0.717, 1.165) is 25.2 Å².